The summed E-state index contributed by atoms with van der Waals surface area (Å²) < 4.78 is 16.6. The van der Waals surface area contributed by atoms with Gasteiger partial charge in [-0.15, -0.1) is 0 Å². The number of nitrogens with one attached hydrogen (secondary N) is 1. The highest BCUT2D eigenvalue weighted by Crippen LogP contribution is 2.48. The first-order chi connectivity index (χ1) is 16.8. The summed E-state index contributed by atoms with van der Waals surface area (Å²) in [5, 5.41) is 16.0. The fraction of sp³-hybridized carbons (Fsp3) is 0.250. The van der Waals surface area contributed by atoms with Crippen LogP contribution in [0.2, 0.25) is 0 Å². The van der Waals surface area contributed by atoms with Crippen LogP contribution in [0.5, 0.6) is 0 Å². The van der Waals surface area contributed by atoms with Crippen LogP contribution in [-0.2, 0) is 11.8 Å². The van der Waals surface area contributed by atoms with Crippen LogP contribution in [0.15, 0.2) is 42.7 Å². The Kier molecular flexibility index (Phi) is 5.33. The Morgan fingerprint density at radius 1 is 1.26 bits per heavy atom. The highest BCUT2D eigenvalue weighted by molar-refractivity contribution is 7.81. The van der Waals surface area contributed by atoms with Gasteiger partial charge in [0, 0.05) is 18.8 Å². The largest absolute Gasteiger partial charge is 0.307 e. The number of nitrogens with zero attached hydrogens (tertiary/aromatic N) is 6. The molecule has 176 valence electrons. The zero-order valence-electron chi connectivity index (χ0n) is 18.9. The Bertz CT molecular complexity index is 1440. The number of amides is 2. The quantitative estimate of drug-likeness (QED) is 0.560. The highest BCUT2D eigenvalue weighted by Gasteiger charge is 2.59. The van der Waals surface area contributed by atoms with Gasteiger partial charge in [0.05, 0.1) is 23.6 Å². The minimum Gasteiger partial charge on any atom is -0.307 e. The van der Waals surface area contributed by atoms with Gasteiger partial charge in [0.25, 0.3) is 11.8 Å². The zero-order valence-corrected chi connectivity index (χ0v) is 19.8. The van der Waals surface area contributed by atoms with Crippen LogP contribution in [0.25, 0.3) is 0 Å². The number of nitriles is 1. The summed E-state index contributed by atoms with van der Waals surface area (Å²) in [6, 6.07) is 9.50. The van der Waals surface area contributed by atoms with E-state index in [2.05, 4.69) is 15.4 Å². The predicted octanol–water partition coefficient (Wildman–Crippen LogP) is 3.45. The zero-order chi connectivity index (χ0) is 24.9. The standard InChI is InChI=1S/C24H20FN7O2S/c1-14-10-16(13-27-19(14)12-26)31-22(34)24(7-3-8-24)32(23(31)35)15-4-5-17(18(25)11-15)21(33)29-20-6-9-28-30(20)2/h4-6,9-11,13H,3,7-8H2,1-2H3,(H,29,33). The van der Waals surface area contributed by atoms with Gasteiger partial charge in [-0.2, -0.15) is 10.4 Å². The molecule has 2 aliphatic rings. The molecule has 1 saturated carbocycles. The second-order valence-electron chi connectivity index (χ2n) is 8.57. The number of halogens is 1. The Hall–Kier alpha value is -4.17. The molecular weight excluding hydrogens is 469 g/mol. The van der Waals surface area contributed by atoms with E-state index < -0.39 is 17.3 Å². The maximum absolute atomic E-state index is 15.1. The number of aromatic nitrogens is 3. The number of anilines is 3. The van der Waals surface area contributed by atoms with Crippen molar-refractivity contribution in [1.29, 1.82) is 5.26 Å². The molecule has 1 saturated heterocycles. The topological polar surface area (TPSA) is 107 Å². The Labute approximate surface area is 205 Å². The van der Waals surface area contributed by atoms with E-state index in [9.17, 15) is 14.9 Å². The van der Waals surface area contributed by atoms with Gasteiger partial charge in [-0.25, -0.2) is 9.37 Å². The first-order valence-corrected chi connectivity index (χ1v) is 11.3. The molecule has 1 aromatic carbocycles. The van der Waals surface area contributed by atoms with Crippen molar-refractivity contribution >= 4 is 46.3 Å². The lowest BCUT2D eigenvalue weighted by atomic mass is 9.75. The van der Waals surface area contributed by atoms with E-state index in [0.717, 1.165) is 6.42 Å². The first-order valence-electron chi connectivity index (χ1n) is 10.9. The van der Waals surface area contributed by atoms with E-state index in [0.29, 0.717) is 35.6 Å². The fourth-order valence-corrected chi connectivity index (χ4v) is 4.98. The molecule has 0 bridgehead atoms. The summed E-state index contributed by atoms with van der Waals surface area (Å²) in [6.07, 6.45) is 4.93. The molecule has 2 fully saturated rings. The van der Waals surface area contributed by atoms with Crippen LogP contribution >= 0.6 is 12.2 Å². The Morgan fingerprint density at radius 2 is 2.03 bits per heavy atom. The third kappa shape index (κ3) is 3.45. The van der Waals surface area contributed by atoms with Gasteiger partial charge < -0.3 is 10.2 Å². The third-order valence-electron chi connectivity index (χ3n) is 6.54. The molecule has 35 heavy (non-hydrogen) atoms. The number of aryl methyl sites for hydroxylation is 2. The maximum atomic E-state index is 15.1. The van der Waals surface area contributed by atoms with Crippen LogP contribution < -0.4 is 15.1 Å². The number of thiocarbonyl (C=S) groups is 1. The Morgan fingerprint density at radius 3 is 2.60 bits per heavy atom. The summed E-state index contributed by atoms with van der Waals surface area (Å²) in [6.45, 7) is 1.74. The smallest absolute Gasteiger partial charge is 0.259 e. The molecule has 11 heteroatoms. The molecule has 1 aliphatic carbocycles. The number of hydrogen-bond acceptors (Lipinski definition) is 6. The SMILES string of the molecule is Cc1cc(N2C(=O)C3(CCC3)N(c3ccc(C(=O)Nc4ccnn4C)c(F)c3)C2=S)cnc1C#N. The lowest BCUT2D eigenvalue weighted by Gasteiger charge is -2.43. The number of carbonyl (C=O) groups is 2. The molecule has 5 rings (SSSR count). The molecule has 0 unspecified atom stereocenters. The van der Waals surface area contributed by atoms with E-state index in [1.54, 1.807) is 37.1 Å². The maximum Gasteiger partial charge on any atom is 0.259 e. The van der Waals surface area contributed by atoms with Gasteiger partial charge in [0.1, 0.15) is 28.9 Å². The minimum absolute atomic E-state index is 0.141. The van der Waals surface area contributed by atoms with Crippen molar-refractivity contribution in [3.05, 3.63) is 65.4 Å². The first kappa shape index (κ1) is 22.6. The van der Waals surface area contributed by atoms with Crippen molar-refractivity contribution < 1.29 is 14.0 Å². The molecule has 3 heterocycles. The lowest BCUT2D eigenvalue weighted by molar-refractivity contribution is -0.123. The van der Waals surface area contributed by atoms with Crippen molar-refractivity contribution in [3.8, 4) is 6.07 Å². The van der Waals surface area contributed by atoms with Crippen molar-refractivity contribution in [2.45, 2.75) is 31.7 Å². The van der Waals surface area contributed by atoms with Gasteiger partial charge >= 0.3 is 0 Å². The van der Waals surface area contributed by atoms with E-state index in [-0.39, 0.29) is 22.3 Å². The van der Waals surface area contributed by atoms with Crippen LogP contribution in [0, 0.1) is 24.1 Å². The number of rotatable bonds is 4. The molecule has 9 nitrogen and oxygen atoms in total. The van der Waals surface area contributed by atoms with E-state index >= 15 is 4.39 Å². The molecule has 1 N–H and O–H groups in total. The molecule has 2 aromatic heterocycles. The van der Waals surface area contributed by atoms with Gasteiger partial charge in [0.15, 0.2) is 5.11 Å². The molecule has 1 aliphatic heterocycles. The summed E-state index contributed by atoms with van der Waals surface area (Å²) in [5.74, 6) is -1.13. The van der Waals surface area contributed by atoms with Crippen LogP contribution in [-0.4, -0.2) is 37.2 Å². The average molecular weight is 490 g/mol. The molecule has 2 amide bonds. The molecular formula is C24H20FN7O2S. The van der Waals surface area contributed by atoms with E-state index in [4.69, 9.17) is 12.2 Å². The van der Waals surface area contributed by atoms with Crippen LogP contribution in [0.4, 0.5) is 21.6 Å². The van der Waals surface area contributed by atoms with Crippen molar-refractivity contribution in [2.75, 3.05) is 15.1 Å². The third-order valence-corrected chi connectivity index (χ3v) is 6.90. The highest BCUT2D eigenvalue weighted by atomic mass is 32.1. The average Bonchev–Trinajstić information content (AvgIpc) is 3.30. The fourth-order valence-electron chi connectivity index (χ4n) is 4.51. The van der Waals surface area contributed by atoms with E-state index in [1.165, 1.54) is 34.1 Å². The molecule has 3 aromatic rings. The number of benzene rings is 1. The van der Waals surface area contributed by atoms with Gasteiger partial charge in [0.2, 0.25) is 0 Å². The van der Waals surface area contributed by atoms with Crippen LogP contribution in [0.1, 0.15) is 40.9 Å². The lowest BCUT2D eigenvalue weighted by Crippen LogP contribution is -2.55. The summed E-state index contributed by atoms with van der Waals surface area (Å²) in [5.41, 5.74) is 0.679. The summed E-state index contributed by atoms with van der Waals surface area (Å²) >= 11 is 5.70. The normalized spacial score (nSPS) is 16.4. The number of carbonyl (C=O) groups excluding carboxylic acids is 2. The predicted molar refractivity (Wildman–Crippen MR) is 130 cm³/mol. The molecule has 1 spiro atoms. The summed E-state index contributed by atoms with van der Waals surface area (Å²) in [7, 11) is 1.66. The second kappa shape index (κ2) is 8.25. The molecule has 0 radical (unpaired) electrons. The van der Waals surface area contributed by atoms with Gasteiger partial charge in [-0.1, -0.05) is 0 Å². The van der Waals surface area contributed by atoms with Gasteiger partial charge in [-0.05, 0) is 68.2 Å². The van der Waals surface area contributed by atoms with Crippen molar-refractivity contribution in [2.24, 2.45) is 7.05 Å². The minimum atomic E-state index is -0.913. The summed E-state index contributed by atoms with van der Waals surface area (Å²) in [4.78, 5) is 33.4. The van der Waals surface area contributed by atoms with Crippen molar-refractivity contribution in [1.82, 2.24) is 14.8 Å². The Balaban J connectivity index is 1.48. The van der Waals surface area contributed by atoms with Gasteiger partial charge in [-0.3, -0.25) is 19.2 Å². The molecule has 0 atom stereocenters. The number of hydrogen-bond donors (Lipinski definition) is 1. The van der Waals surface area contributed by atoms with E-state index in [1.807, 2.05) is 6.07 Å². The monoisotopic (exact) mass is 489 g/mol. The van der Waals surface area contributed by atoms with Crippen LogP contribution in [0.3, 0.4) is 0 Å². The second-order valence-corrected chi connectivity index (χ2v) is 8.94. The number of pyridine rings is 1. The van der Waals surface area contributed by atoms with Crippen molar-refractivity contribution in [3.63, 3.8) is 0 Å².